The maximum Gasteiger partial charge on any atom is 0.170 e. The summed E-state index contributed by atoms with van der Waals surface area (Å²) in [6.07, 6.45) is 17.5. The van der Waals surface area contributed by atoms with Crippen LogP contribution in [0.15, 0.2) is 0 Å². The average molecular weight is 732 g/mol. The van der Waals surface area contributed by atoms with Crippen molar-refractivity contribution in [3.63, 3.8) is 0 Å². The lowest BCUT2D eigenvalue weighted by Gasteiger charge is -2.60. The van der Waals surface area contributed by atoms with Gasteiger partial charge in [-0.05, 0) is 137 Å². The fourth-order valence-electron chi connectivity index (χ4n) is 14.3. The largest absolute Gasteiger partial charge is 0.388 e. The van der Waals surface area contributed by atoms with Crippen LogP contribution in [0.4, 0.5) is 0 Å². The molecule has 0 amide bonds. The van der Waals surface area contributed by atoms with E-state index in [9.17, 15) is 5.11 Å². The first-order valence-electron chi connectivity index (χ1n) is 22.2. The van der Waals surface area contributed by atoms with Crippen molar-refractivity contribution in [2.24, 2.45) is 51.2 Å². The summed E-state index contributed by atoms with van der Waals surface area (Å²) in [6.45, 7) is 26.3. The molecule has 7 heteroatoms. The zero-order chi connectivity index (χ0) is 37.7. The molecule has 302 valence electrons. The molecular weight excluding hydrogens is 650 g/mol. The second-order valence-electron chi connectivity index (χ2n) is 19.8. The molecular formula is C45H81NO6. The van der Waals surface area contributed by atoms with Crippen LogP contribution in [-0.4, -0.2) is 92.4 Å². The van der Waals surface area contributed by atoms with Gasteiger partial charge in [-0.3, -0.25) is 4.90 Å². The van der Waals surface area contributed by atoms with Gasteiger partial charge in [0.05, 0.1) is 37.1 Å². The summed E-state index contributed by atoms with van der Waals surface area (Å²) in [7, 11) is 1.79. The number of aliphatic hydroxyl groups is 1. The molecule has 6 saturated carbocycles. The molecule has 8 aliphatic rings. The molecule has 7 nitrogen and oxygen atoms in total. The first-order chi connectivity index (χ1) is 24.8. The molecule has 6 aliphatic carbocycles. The van der Waals surface area contributed by atoms with Gasteiger partial charge in [0.25, 0.3) is 0 Å². The Labute approximate surface area is 319 Å². The van der Waals surface area contributed by atoms with Crippen LogP contribution in [0.5, 0.6) is 0 Å². The molecule has 0 radical (unpaired) electrons. The van der Waals surface area contributed by atoms with Gasteiger partial charge in [0.1, 0.15) is 6.10 Å². The van der Waals surface area contributed by atoms with Gasteiger partial charge in [-0.25, -0.2) is 0 Å². The van der Waals surface area contributed by atoms with Crippen LogP contribution in [-0.2, 0) is 23.7 Å². The van der Waals surface area contributed by atoms with Crippen LogP contribution in [0.1, 0.15) is 153 Å². The third-order valence-electron chi connectivity index (χ3n) is 17.0. The van der Waals surface area contributed by atoms with Crippen LogP contribution in [0.3, 0.4) is 0 Å². The van der Waals surface area contributed by atoms with E-state index in [4.69, 9.17) is 23.7 Å². The number of hydrogen-bond donors (Lipinski definition) is 1. The summed E-state index contributed by atoms with van der Waals surface area (Å²) >= 11 is 0. The predicted octanol–water partition coefficient (Wildman–Crippen LogP) is 9.28. The molecule has 2 heterocycles. The monoisotopic (exact) mass is 732 g/mol. The normalized spacial score (nSPS) is 45.8. The summed E-state index contributed by atoms with van der Waals surface area (Å²) in [5.41, 5.74) is 0.561. The number of nitrogens with zero attached hydrogens (tertiary/aromatic N) is 1. The average Bonchev–Trinajstić information content (AvgIpc) is 3.46. The number of fused-ring (bicyclic) bond motifs is 4. The van der Waals surface area contributed by atoms with E-state index in [2.05, 4.69) is 39.5 Å². The molecule has 13 unspecified atom stereocenters. The van der Waals surface area contributed by atoms with Crippen LogP contribution >= 0.6 is 0 Å². The quantitative estimate of drug-likeness (QED) is 0.254. The summed E-state index contributed by atoms with van der Waals surface area (Å²) in [4.78, 5) is 2.48. The number of ether oxygens (including phenoxy) is 5. The Kier molecular flexibility index (Phi) is 12.7. The second kappa shape index (κ2) is 15.9. The van der Waals surface area contributed by atoms with E-state index < -0.39 is 5.60 Å². The number of methoxy groups -OCH3 is 1. The minimum atomic E-state index is -0.901. The van der Waals surface area contributed by atoms with Gasteiger partial charge in [0.2, 0.25) is 0 Å². The van der Waals surface area contributed by atoms with E-state index in [1.165, 1.54) is 70.6 Å². The lowest BCUT2D eigenvalue weighted by molar-refractivity contribution is -0.248. The lowest BCUT2D eigenvalue weighted by Crippen LogP contribution is -2.56. The Bertz CT molecular complexity index is 1160. The highest BCUT2D eigenvalue weighted by Crippen LogP contribution is 2.89. The summed E-state index contributed by atoms with van der Waals surface area (Å²) in [5.74, 6) is 3.71. The summed E-state index contributed by atoms with van der Waals surface area (Å²) < 4.78 is 31.8. The first kappa shape index (κ1) is 41.4. The zero-order valence-corrected chi connectivity index (χ0v) is 35.5. The molecule has 2 spiro atoms. The predicted molar refractivity (Wildman–Crippen MR) is 209 cm³/mol. The van der Waals surface area contributed by atoms with Crippen molar-refractivity contribution >= 4 is 0 Å². The van der Waals surface area contributed by atoms with Crippen LogP contribution < -0.4 is 0 Å². The Morgan fingerprint density at radius 1 is 0.904 bits per heavy atom. The Balaban J connectivity index is 0.000000714. The van der Waals surface area contributed by atoms with Crippen molar-refractivity contribution in [1.29, 1.82) is 0 Å². The van der Waals surface area contributed by atoms with Crippen molar-refractivity contribution in [3.05, 3.63) is 0 Å². The number of rotatable bonds is 9. The standard InChI is InChI=1S/C39H67NO6.C4H8.C2H6/c1-10-43-34(36(6,7)41)29-13-11-27-30(45-29)21-28-26-12-14-31-35(4,5)32(46-33-22-40(19-20-44-33)24(2)23-42-9)15-16-39(31)25(3)38(26,39)18-17-37(27,28)8;1-2-4-3-1;1-2/h24-34,41H,10-23H2,1-9H3;1-4H2;1-2H3/t24?,25-,26?,27?,28?,29?,30?,31?,32?,33?,34?,37?,38?,39?;;/m0../s1. The fraction of sp³-hybridized carbons (Fsp3) is 1.00. The van der Waals surface area contributed by atoms with E-state index in [0.29, 0.717) is 46.8 Å². The minimum absolute atomic E-state index is 0.0136. The van der Waals surface area contributed by atoms with Gasteiger partial charge >= 0.3 is 0 Å². The zero-order valence-electron chi connectivity index (χ0n) is 35.5. The van der Waals surface area contributed by atoms with Crippen LogP contribution in [0.2, 0.25) is 0 Å². The molecule has 0 bridgehead atoms. The molecule has 0 aromatic carbocycles. The van der Waals surface area contributed by atoms with E-state index >= 15 is 0 Å². The smallest absolute Gasteiger partial charge is 0.170 e. The lowest BCUT2D eigenvalue weighted by atomic mass is 9.46. The van der Waals surface area contributed by atoms with Gasteiger partial charge in [0.15, 0.2) is 6.29 Å². The Hall–Kier alpha value is -0.280. The van der Waals surface area contributed by atoms with E-state index in [-0.39, 0.29) is 30.0 Å². The molecule has 14 atom stereocenters. The number of hydrogen-bond acceptors (Lipinski definition) is 7. The molecule has 8 fully saturated rings. The number of morpholine rings is 1. The molecule has 2 aliphatic heterocycles. The molecule has 1 N–H and O–H groups in total. The third-order valence-corrected chi connectivity index (χ3v) is 17.0. The maximum absolute atomic E-state index is 11.0. The van der Waals surface area contributed by atoms with Gasteiger partial charge < -0.3 is 28.8 Å². The molecule has 0 aromatic rings. The topological polar surface area (TPSA) is 69.6 Å². The third kappa shape index (κ3) is 6.80. The van der Waals surface area contributed by atoms with E-state index in [1.807, 2.05) is 34.6 Å². The molecule has 0 aromatic heterocycles. The highest BCUT2D eigenvalue weighted by Gasteiger charge is 2.84. The van der Waals surface area contributed by atoms with E-state index in [1.54, 1.807) is 7.11 Å². The minimum Gasteiger partial charge on any atom is -0.388 e. The van der Waals surface area contributed by atoms with E-state index in [0.717, 1.165) is 56.9 Å². The van der Waals surface area contributed by atoms with Crippen LogP contribution in [0, 0.1) is 51.2 Å². The summed E-state index contributed by atoms with van der Waals surface area (Å²) in [6, 6.07) is 0.380. The van der Waals surface area contributed by atoms with Gasteiger partial charge in [-0.15, -0.1) is 0 Å². The highest BCUT2D eigenvalue weighted by atomic mass is 16.7. The van der Waals surface area contributed by atoms with Gasteiger partial charge in [-0.2, -0.15) is 0 Å². The SMILES string of the molecule is C1CCC1.CC.CCOC(C1CCC2C(CC3C4CCC5C(C)(C)C(OC6CN(C(C)COC)CCO6)CCC56[C@@H](C)C46CCC23C)O1)C(C)(C)O. The maximum atomic E-state index is 11.0. The van der Waals surface area contributed by atoms with Crippen molar-refractivity contribution in [2.45, 2.75) is 195 Å². The van der Waals surface area contributed by atoms with Crippen molar-refractivity contribution in [1.82, 2.24) is 4.90 Å². The fourth-order valence-corrected chi connectivity index (χ4v) is 14.3. The molecule has 8 rings (SSSR count). The van der Waals surface area contributed by atoms with Gasteiger partial charge in [0, 0.05) is 32.8 Å². The first-order valence-corrected chi connectivity index (χ1v) is 22.2. The Morgan fingerprint density at radius 3 is 2.23 bits per heavy atom. The van der Waals surface area contributed by atoms with Crippen molar-refractivity contribution in [2.75, 3.05) is 40.0 Å². The molecule has 52 heavy (non-hydrogen) atoms. The summed E-state index contributed by atoms with van der Waals surface area (Å²) in [5, 5.41) is 11.0. The second-order valence-corrected chi connectivity index (χ2v) is 19.8. The van der Waals surface area contributed by atoms with Crippen molar-refractivity contribution < 1.29 is 28.8 Å². The molecule has 2 saturated heterocycles. The van der Waals surface area contributed by atoms with Crippen LogP contribution in [0.25, 0.3) is 0 Å². The van der Waals surface area contributed by atoms with Gasteiger partial charge in [-0.1, -0.05) is 67.2 Å². The highest BCUT2D eigenvalue weighted by molar-refractivity contribution is 5.32. The Morgan fingerprint density at radius 2 is 1.60 bits per heavy atom. The van der Waals surface area contributed by atoms with Crippen molar-refractivity contribution in [3.8, 4) is 0 Å².